The largest absolute Gasteiger partial charge is 0.383 e. The minimum absolute atomic E-state index is 0.234. The van der Waals surface area contributed by atoms with Gasteiger partial charge in [-0.2, -0.15) is 0 Å². The van der Waals surface area contributed by atoms with E-state index >= 15 is 0 Å². The Morgan fingerprint density at radius 2 is 2.11 bits per heavy atom. The van der Waals surface area contributed by atoms with Crippen molar-refractivity contribution < 1.29 is 4.39 Å². The van der Waals surface area contributed by atoms with E-state index in [1.54, 1.807) is 19.2 Å². The second kappa shape index (κ2) is 5.14. The Labute approximate surface area is 106 Å². The molecule has 1 aromatic carbocycles. The smallest absolute Gasteiger partial charge is 0.126 e. The van der Waals surface area contributed by atoms with Gasteiger partial charge in [0.2, 0.25) is 0 Å². The van der Waals surface area contributed by atoms with Crippen molar-refractivity contribution in [3.05, 3.63) is 59.0 Å². The summed E-state index contributed by atoms with van der Waals surface area (Å²) in [6, 6.07) is 8.46. The number of hydrogen-bond donors (Lipinski definition) is 2. The topological polar surface area (TPSA) is 64.9 Å². The van der Waals surface area contributed by atoms with E-state index in [9.17, 15) is 4.39 Å². The molecule has 0 aliphatic carbocycles. The number of rotatable bonds is 3. The highest BCUT2D eigenvalue weighted by Gasteiger charge is 2.11. The molecule has 0 bridgehead atoms. The minimum atomic E-state index is -0.286. The molecule has 1 unspecified atom stereocenters. The molecule has 0 aliphatic rings. The van der Waals surface area contributed by atoms with Crippen LogP contribution in [0, 0.1) is 12.7 Å². The third-order valence-electron chi connectivity index (χ3n) is 2.99. The molecule has 2 aromatic rings. The standard InChI is InChI=1S/C14H16FN3/c1-9-4-5-10(7-12(9)15)13(16)8-11-3-2-6-18-14(11)17/h2-7,13H,8,16H2,1H3,(H2,17,18). The zero-order valence-corrected chi connectivity index (χ0v) is 10.2. The molecule has 1 atom stereocenters. The maximum atomic E-state index is 13.5. The van der Waals surface area contributed by atoms with Crippen LogP contribution in [0.15, 0.2) is 36.5 Å². The summed E-state index contributed by atoms with van der Waals surface area (Å²) in [4.78, 5) is 4.01. The summed E-state index contributed by atoms with van der Waals surface area (Å²) in [6.45, 7) is 1.73. The van der Waals surface area contributed by atoms with Gasteiger partial charge in [-0.05, 0) is 42.2 Å². The maximum Gasteiger partial charge on any atom is 0.126 e. The van der Waals surface area contributed by atoms with Gasteiger partial charge >= 0.3 is 0 Å². The molecule has 94 valence electrons. The molecule has 1 aromatic heterocycles. The van der Waals surface area contributed by atoms with Crippen molar-refractivity contribution in [2.45, 2.75) is 19.4 Å². The average molecular weight is 245 g/mol. The highest BCUT2D eigenvalue weighted by molar-refractivity contribution is 5.40. The third kappa shape index (κ3) is 2.65. The van der Waals surface area contributed by atoms with Crippen LogP contribution in [0.2, 0.25) is 0 Å². The van der Waals surface area contributed by atoms with Crippen LogP contribution in [0.1, 0.15) is 22.7 Å². The monoisotopic (exact) mass is 245 g/mol. The number of benzene rings is 1. The van der Waals surface area contributed by atoms with Gasteiger partial charge in [0.25, 0.3) is 0 Å². The number of hydrogen-bond acceptors (Lipinski definition) is 3. The lowest BCUT2D eigenvalue weighted by atomic mass is 9.99. The molecular weight excluding hydrogens is 229 g/mol. The molecule has 4 heteroatoms. The van der Waals surface area contributed by atoms with Gasteiger partial charge in [-0.25, -0.2) is 9.37 Å². The molecule has 0 saturated carbocycles. The van der Waals surface area contributed by atoms with Crippen LogP contribution in [0.3, 0.4) is 0 Å². The number of nitrogen functional groups attached to an aromatic ring is 1. The zero-order chi connectivity index (χ0) is 13.1. The summed E-state index contributed by atoms with van der Waals surface area (Å²) in [6.07, 6.45) is 2.18. The van der Waals surface area contributed by atoms with Gasteiger partial charge in [-0.15, -0.1) is 0 Å². The van der Waals surface area contributed by atoms with Gasteiger partial charge in [0, 0.05) is 12.2 Å². The van der Waals surface area contributed by atoms with E-state index in [1.165, 1.54) is 6.07 Å². The average Bonchev–Trinajstić information content (AvgIpc) is 2.35. The molecule has 0 spiro atoms. The molecule has 0 fully saturated rings. The highest BCUT2D eigenvalue weighted by Crippen LogP contribution is 2.20. The zero-order valence-electron chi connectivity index (χ0n) is 10.2. The molecule has 0 amide bonds. The minimum Gasteiger partial charge on any atom is -0.383 e. The van der Waals surface area contributed by atoms with Crippen molar-refractivity contribution in [1.29, 1.82) is 0 Å². The van der Waals surface area contributed by atoms with Gasteiger partial charge in [0.15, 0.2) is 0 Å². The molecule has 0 aliphatic heterocycles. The van der Waals surface area contributed by atoms with Crippen LogP contribution in [-0.2, 0) is 6.42 Å². The quantitative estimate of drug-likeness (QED) is 0.872. The van der Waals surface area contributed by atoms with Crippen molar-refractivity contribution >= 4 is 5.82 Å². The number of nitrogens with two attached hydrogens (primary N) is 2. The predicted molar refractivity (Wildman–Crippen MR) is 70.4 cm³/mol. The molecular formula is C14H16FN3. The summed E-state index contributed by atoms with van der Waals surface area (Å²) >= 11 is 0. The van der Waals surface area contributed by atoms with Crippen molar-refractivity contribution in [3.63, 3.8) is 0 Å². The first-order chi connectivity index (χ1) is 8.58. The summed E-state index contributed by atoms with van der Waals surface area (Å²) < 4.78 is 13.5. The van der Waals surface area contributed by atoms with E-state index in [0.29, 0.717) is 17.8 Å². The maximum absolute atomic E-state index is 13.5. The lowest BCUT2D eigenvalue weighted by Gasteiger charge is -2.13. The number of halogens is 1. The Hall–Kier alpha value is -1.94. The Morgan fingerprint density at radius 3 is 2.78 bits per heavy atom. The van der Waals surface area contributed by atoms with Crippen LogP contribution in [0.4, 0.5) is 10.2 Å². The number of nitrogens with zero attached hydrogens (tertiary/aromatic N) is 1. The lowest BCUT2D eigenvalue weighted by molar-refractivity contribution is 0.610. The van der Waals surface area contributed by atoms with E-state index < -0.39 is 0 Å². The summed E-state index contributed by atoms with van der Waals surface area (Å²) in [5, 5.41) is 0. The van der Waals surface area contributed by atoms with Crippen molar-refractivity contribution in [2.24, 2.45) is 5.73 Å². The molecule has 1 heterocycles. The van der Waals surface area contributed by atoms with Crippen LogP contribution < -0.4 is 11.5 Å². The van der Waals surface area contributed by atoms with E-state index in [4.69, 9.17) is 11.5 Å². The number of pyridine rings is 1. The first-order valence-electron chi connectivity index (χ1n) is 5.79. The normalized spacial score (nSPS) is 12.4. The van der Waals surface area contributed by atoms with Gasteiger partial charge in [0.05, 0.1) is 0 Å². The van der Waals surface area contributed by atoms with Crippen LogP contribution >= 0.6 is 0 Å². The van der Waals surface area contributed by atoms with E-state index in [0.717, 1.165) is 11.1 Å². The number of aryl methyl sites for hydroxylation is 1. The first kappa shape index (κ1) is 12.5. The number of aromatic nitrogens is 1. The van der Waals surface area contributed by atoms with Gasteiger partial charge in [0.1, 0.15) is 11.6 Å². The molecule has 3 nitrogen and oxygen atoms in total. The van der Waals surface area contributed by atoms with Crippen molar-refractivity contribution in [3.8, 4) is 0 Å². The molecule has 0 radical (unpaired) electrons. The summed E-state index contributed by atoms with van der Waals surface area (Å²) in [7, 11) is 0. The predicted octanol–water partition coefficient (Wildman–Crippen LogP) is 2.35. The lowest BCUT2D eigenvalue weighted by Crippen LogP contribution is -2.15. The van der Waals surface area contributed by atoms with Crippen molar-refractivity contribution in [1.82, 2.24) is 4.98 Å². The number of anilines is 1. The van der Waals surface area contributed by atoms with E-state index in [1.807, 2.05) is 18.2 Å². The third-order valence-corrected chi connectivity index (χ3v) is 2.99. The molecule has 2 rings (SSSR count). The van der Waals surface area contributed by atoms with Gasteiger partial charge in [-0.3, -0.25) is 0 Å². The Morgan fingerprint density at radius 1 is 1.33 bits per heavy atom. The Balaban J connectivity index is 2.19. The van der Waals surface area contributed by atoms with Crippen LogP contribution in [0.5, 0.6) is 0 Å². The van der Waals surface area contributed by atoms with Gasteiger partial charge < -0.3 is 11.5 Å². The summed E-state index contributed by atoms with van der Waals surface area (Å²) in [5.74, 6) is 0.239. The molecule has 0 saturated heterocycles. The summed E-state index contributed by atoms with van der Waals surface area (Å²) in [5.41, 5.74) is 14.1. The fourth-order valence-corrected chi connectivity index (χ4v) is 1.82. The van der Waals surface area contributed by atoms with E-state index in [2.05, 4.69) is 4.98 Å². The van der Waals surface area contributed by atoms with Crippen LogP contribution in [-0.4, -0.2) is 4.98 Å². The second-order valence-electron chi connectivity index (χ2n) is 4.37. The second-order valence-corrected chi connectivity index (χ2v) is 4.37. The fourth-order valence-electron chi connectivity index (χ4n) is 1.82. The highest BCUT2D eigenvalue weighted by atomic mass is 19.1. The van der Waals surface area contributed by atoms with E-state index in [-0.39, 0.29) is 11.9 Å². The first-order valence-corrected chi connectivity index (χ1v) is 5.79. The fraction of sp³-hybridized carbons (Fsp3) is 0.214. The SMILES string of the molecule is Cc1ccc(C(N)Cc2cccnc2N)cc1F. The molecule has 18 heavy (non-hydrogen) atoms. The molecule has 4 N–H and O–H groups in total. The Kier molecular flexibility index (Phi) is 3.58. The van der Waals surface area contributed by atoms with Crippen molar-refractivity contribution in [2.75, 3.05) is 5.73 Å². The Bertz CT molecular complexity index is 554. The van der Waals surface area contributed by atoms with Gasteiger partial charge in [-0.1, -0.05) is 18.2 Å². The van der Waals surface area contributed by atoms with Crippen LogP contribution in [0.25, 0.3) is 0 Å².